The number of carbonyl (C=O) groups excluding carboxylic acids is 2. The fourth-order valence-electron chi connectivity index (χ4n) is 3.96. The maximum absolute atomic E-state index is 12.8. The van der Waals surface area contributed by atoms with Gasteiger partial charge in [0.05, 0.1) is 6.20 Å². The molecule has 2 aliphatic rings. The first kappa shape index (κ1) is 18.7. The zero-order chi connectivity index (χ0) is 19.9. The average Bonchev–Trinajstić information content (AvgIpc) is 3.02. The first-order chi connectivity index (χ1) is 13.4. The maximum atomic E-state index is 12.8. The molecule has 2 fully saturated rings. The van der Waals surface area contributed by atoms with Gasteiger partial charge in [-0.25, -0.2) is 0 Å². The van der Waals surface area contributed by atoms with Gasteiger partial charge < -0.3 is 14.7 Å². The van der Waals surface area contributed by atoms with E-state index in [1.807, 2.05) is 31.9 Å². The molecule has 1 aliphatic carbocycles. The number of amides is 2. The van der Waals surface area contributed by atoms with E-state index in [1.165, 1.54) is 0 Å². The Morgan fingerprint density at radius 1 is 1.36 bits per heavy atom. The summed E-state index contributed by atoms with van der Waals surface area (Å²) < 4.78 is 7.08. The van der Waals surface area contributed by atoms with E-state index in [2.05, 4.69) is 15.6 Å². The smallest absolute Gasteiger partial charge is 0.276 e. The molecule has 0 bridgehead atoms. The van der Waals surface area contributed by atoms with E-state index in [-0.39, 0.29) is 29.2 Å². The predicted octanol–water partition coefficient (Wildman–Crippen LogP) is 1.99. The third-order valence-corrected chi connectivity index (χ3v) is 5.94. The van der Waals surface area contributed by atoms with Crippen molar-refractivity contribution in [1.82, 2.24) is 25.2 Å². The number of nitrogens with one attached hydrogen (secondary N) is 1. The lowest BCUT2D eigenvalue weighted by Crippen LogP contribution is -2.42. The Morgan fingerprint density at radius 2 is 2.11 bits per heavy atom. The second kappa shape index (κ2) is 7.07. The third-order valence-electron chi connectivity index (χ3n) is 5.94. The van der Waals surface area contributed by atoms with Crippen LogP contribution < -0.4 is 5.32 Å². The summed E-state index contributed by atoms with van der Waals surface area (Å²) in [6.45, 7) is 7.62. The number of nitrogens with zero attached hydrogens (tertiary/aromatic N) is 4. The van der Waals surface area contributed by atoms with Crippen LogP contribution in [0.15, 0.2) is 23.0 Å². The summed E-state index contributed by atoms with van der Waals surface area (Å²) in [6.07, 6.45) is 6.54. The van der Waals surface area contributed by atoms with Gasteiger partial charge in [-0.2, -0.15) is 5.10 Å². The van der Waals surface area contributed by atoms with Crippen LogP contribution in [0.2, 0.25) is 0 Å². The van der Waals surface area contributed by atoms with Crippen molar-refractivity contribution in [3.8, 4) is 0 Å². The summed E-state index contributed by atoms with van der Waals surface area (Å²) in [5.41, 5.74) is 1.59. The van der Waals surface area contributed by atoms with Crippen molar-refractivity contribution in [3.63, 3.8) is 0 Å². The zero-order valence-corrected chi connectivity index (χ0v) is 16.6. The van der Waals surface area contributed by atoms with Gasteiger partial charge in [-0.15, -0.1) is 0 Å². The Labute approximate surface area is 164 Å². The quantitative estimate of drug-likeness (QED) is 0.850. The van der Waals surface area contributed by atoms with Crippen molar-refractivity contribution in [1.29, 1.82) is 0 Å². The fraction of sp³-hybridized carbons (Fsp3) is 0.600. The van der Waals surface area contributed by atoms with Crippen LogP contribution in [-0.4, -0.2) is 50.8 Å². The molecule has 1 unspecified atom stereocenters. The van der Waals surface area contributed by atoms with Crippen molar-refractivity contribution in [2.75, 3.05) is 13.1 Å². The van der Waals surface area contributed by atoms with E-state index in [0.29, 0.717) is 31.1 Å². The van der Waals surface area contributed by atoms with E-state index < -0.39 is 0 Å². The van der Waals surface area contributed by atoms with Gasteiger partial charge in [0.1, 0.15) is 6.54 Å². The van der Waals surface area contributed by atoms with Crippen LogP contribution in [0.4, 0.5) is 0 Å². The molecule has 4 rings (SSSR count). The Morgan fingerprint density at radius 3 is 2.75 bits per heavy atom. The summed E-state index contributed by atoms with van der Waals surface area (Å²) in [5.74, 6) is 0.637. The number of rotatable bonds is 5. The molecular formula is C20H27N5O3. The molecule has 0 radical (unpaired) electrons. The standard InChI is InChI=1S/C20H27N5O3/c1-13(2)18(26)22-17-9-20(17)4-6-24(7-5-20)19(27)16-8-15(28-23-16)12-25-11-14(3)10-21-25/h8,10-11,13,17H,4-7,9,12H2,1-3H3,(H,22,26). The number of aryl methyl sites for hydroxylation is 1. The highest BCUT2D eigenvalue weighted by Gasteiger charge is 2.56. The van der Waals surface area contributed by atoms with Gasteiger partial charge in [-0.05, 0) is 37.2 Å². The van der Waals surface area contributed by atoms with Crippen LogP contribution in [0.5, 0.6) is 0 Å². The Kier molecular flexibility index (Phi) is 4.72. The van der Waals surface area contributed by atoms with Crippen molar-refractivity contribution < 1.29 is 14.1 Å². The predicted molar refractivity (Wildman–Crippen MR) is 102 cm³/mol. The lowest BCUT2D eigenvalue weighted by molar-refractivity contribution is -0.124. The van der Waals surface area contributed by atoms with E-state index in [4.69, 9.17) is 4.52 Å². The second-order valence-corrected chi connectivity index (χ2v) is 8.47. The monoisotopic (exact) mass is 385 g/mol. The van der Waals surface area contributed by atoms with Crippen molar-refractivity contribution in [3.05, 3.63) is 35.5 Å². The minimum absolute atomic E-state index is 0.00586. The molecule has 2 amide bonds. The van der Waals surface area contributed by atoms with Crippen molar-refractivity contribution in [2.24, 2.45) is 11.3 Å². The molecule has 0 aromatic carbocycles. The van der Waals surface area contributed by atoms with Crippen LogP contribution in [-0.2, 0) is 11.3 Å². The number of aromatic nitrogens is 3. The molecule has 2 aromatic heterocycles. The first-order valence-electron chi connectivity index (χ1n) is 9.91. The van der Waals surface area contributed by atoms with Crippen molar-refractivity contribution in [2.45, 2.75) is 52.6 Å². The van der Waals surface area contributed by atoms with Gasteiger partial charge in [0.25, 0.3) is 5.91 Å². The van der Waals surface area contributed by atoms with Crippen LogP contribution in [0.25, 0.3) is 0 Å². The molecule has 150 valence electrons. The molecule has 8 nitrogen and oxygen atoms in total. The minimum atomic E-state index is -0.0927. The lowest BCUT2D eigenvalue weighted by atomic mass is 9.92. The number of likely N-dealkylation sites (tertiary alicyclic amines) is 1. The molecule has 3 heterocycles. The highest BCUT2D eigenvalue weighted by Crippen LogP contribution is 2.54. The summed E-state index contributed by atoms with van der Waals surface area (Å²) >= 11 is 0. The van der Waals surface area contributed by atoms with Gasteiger partial charge in [0.15, 0.2) is 11.5 Å². The van der Waals surface area contributed by atoms with E-state index in [9.17, 15) is 9.59 Å². The average molecular weight is 385 g/mol. The minimum Gasteiger partial charge on any atom is -0.359 e. The van der Waals surface area contributed by atoms with Crippen LogP contribution in [0, 0.1) is 18.3 Å². The lowest BCUT2D eigenvalue weighted by Gasteiger charge is -2.32. The van der Waals surface area contributed by atoms with Gasteiger partial charge >= 0.3 is 0 Å². The molecule has 1 spiro atoms. The molecule has 1 saturated heterocycles. The van der Waals surface area contributed by atoms with Gasteiger partial charge in [0, 0.05) is 37.3 Å². The molecule has 1 saturated carbocycles. The second-order valence-electron chi connectivity index (χ2n) is 8.47. The van der Waals surface area contributed by atoms with Gasteiger partial charge in [0.2, 0.25) is 5.91 Å². The van der Waals surface area contributed by atoms with Crippen LogP contribution in [0.1, 0.15) is 54.9 Å². The maximum Gasteiger partial charge on any atom is 0.276 e. The highest BCUT2D eigenvalue weighted by molar-refractivity contribution is 5.92. The SMILES string of the molecule is Cc1cnn(Cc2cc(C(=O)N3CCC4(CC3)CC4NC(=O)C(C)C)no2)c1. The zero-order valence-electron chi connectivity index (χ0n) is 16.6. The number of piperidine rings is 1. The van der Waals surface area contributed by atoms with E-state index in [1.54, 1.807) is 16.9 Å². The first-order valence-corrected chi connectivity index (χ1v) is 9.91. The molecule has 28 heavy (non-hydrogen) atoms. The molecule has 2 aromatic rings. The topological polar surface area (TPSA) is 93.3 Å². The van der Waals surface area contributed by atoms with E-state index in [0.717, 1.165) is 24.8 Å². The third kappa shape index (κ3) is 3.68. The number of carbonyl (C=O) groups is 2. The van der Waals surface area contributed by atoms with Gasteiger partial charge in [-0.1, -0.05) is 19.0 Å². The molecule has 1 atom stereocenters. The molecule has 1 N–H and O–H groups in total. The summed E-state index contributed by atoms with van der Waals surface area (Å²) in [7, 11) is 0. The largest absolute Gasteiger partial charge is 0.359 e. The highest BCUT2D eigenvalue weighted by atomic mass is 16.5. The fourth-order valence-corrected chi connectivity index (χ4v) is 3.96. The van der Waals surface area contributed by atoms with Crippen LogP contribution in [0.3, 0.4) is 0 Å². The summed E-state index contributed by atoms with van der Waals surface area (Å²) in [5, 5.41) is 11.3. The molecular weight excluding hydrogens is 358 g/mol. The molecule has 1 aliphatic heterocycles. The summed E-state index contributed by atoms with van der Waals surface area (Å²) in [4.78, 5) is 26.5. The Bertz CT molecular complexity index is 876. The van der Waals surface area contributed by atoms with Gasteiger partial charge in [-0.3, -0.25) is 14.3 Å². The number of hydrogen-bond donors (Lipinski definition) is 1. The van der Waals surface area contributed by atoms with Crippen molar-refractivity contribution >= 4 is 11.8 Å². The number of hydrogen-bond acceptors (Lipinski definition) is 5. The molecule has 8 heteroatoms. The Balaban J connectivity index is 1.31. The van der Waals surface area contributed by atoms with Crippen LogP contribution >= 0.6 is 0 Å². The normalized spacial score (nSPS) is 20.6. The van der Waals surface area contributed by atoms with E-state index >= 15 is 0 Å². The Hall–Kier alpha value is -2.64. The summed E-state index contributed by atoms with van der Waals surface area (Å²) in [6, 6.07) is 1.96.